The maximum Gasteiger partial charge on any atom is 0.573 e. The second-order valence-corrected chi connectivity index (χ2v) is 6.74. The van der Waals surface area contributed by atoms with Gasteiger partial charge in [-0.1, -0.05) is 40.2 Å². The molecule has 0 aromatic heterocycles. The lowest BCUT2D eigenvalue weighted by molar-refractivity contribution is -0.274. The molecule has 4 nitrogen and oxygen atoms in total. The molecule has 138 valence electrons. The monoisotopic (exact) mass is 429 g/mol. The first-order chi connectivity index (χ1) is 12.3. The van der Waals surface area contributed by atoms with Gasteiger partial charge in [0.2, 0.25) is 0 Å². The average Bonchev–Trinajstić information content (AvgIpc) is 2.98. The summed E-state index contributed by atoms with van der Waals surface area (Å²) in [5.74, 6) is -0.280. The van der Waals surface area contributed by atoms with Gasteiger partial charge in [0.25, 0.3) is 0 Å². The molecule has 3 rings (SSSR count). The Bertz CT molecular complexity index is 767. The van der Waals surface area contributed by atoms with Crippen LogP contribution in [0.15, 0.2) is 53.0 Å². The van der Waals surface area contributed by atoms with Gasteiger partial charge in [-0.2, -0.15) is 0 Å². The fourth-order valence-corrected chi connectivity index (χ4v) is 3.23. The minimum absolute atomic E-state index is 0.254. The number of halogens is 4. The van der Waals surface area contributed by atoms with Crippen LogP contribution in [0.25, 0.3) is 0 Å². The standard InChI is InChI=1S/C18H15BrF3NO3/c19-14-3-1-2-13(8-14)16-10-23(17(11-24)25-16)9-12-4-6-15(7-5-12)26-18(20,21)22/h1-8,11,16-17H,9-10H2. The Kier molecular flexibility index (Phi) is 5.64. The Morgan fingerprint density at radius 3 is 2.58 bits per heavy atom. The smallest absolute Gasteiger partial charge is 0.406 e. The van der Waals surface area contributed by atoms with Crippen molar-refractivity contribution < 1.29 is 27.4 Å². The van der Waals surface area contributed by atoms with Gasteiger partial charge in [-0.05, 0) is 35.4 Å². The molecule has 0 radical (unpaired) electrons. The van der Waals surface area contributed by atoms with Gasteiger partial charge >= 0.3 is 6.36 Å². The highest BCUT2D eigenvalue weighted by atomic mass is 79.9. The third kappa shape index (κ3) is 4.84. The van der Waals surface area contributed by atoms with E-state index in [9.17, 15) is 18.0 Å². The van der Waals surface area contributed by atoms with Gasteiger partial charge in [0.1, 0.15) is 5.75 Å². The van der Waals surface area contributed by atoms with Crippen LogP contribution in [0.3, 0.4) is 0 Å². The zero-order valence-electron chi connectivity index (χ0n) is 13.4. The second kappa shape index (κ2) is 7.77. The molecule has 0 N–H and O–H groups in total. The Hall–Kier alpha value is -1.90. The van der Waals surface area contributed by atoms with Crippen LogP contribution in [0.4, 0.5) is 13.2 Å². The van der Waals surface area contributed by atoms with Crippen molar-refractivity contribution in [2.45, 2.75) is 25.2 Å². The van der Waals surface area contributed by atoms with E-state index in [1.54, 1.807) is 0 Å². The third-order valence-electron chi connectivity index (χ3n) is 3.94. The first-order valence-corrected chi connectivity index (χ1v) is 8.58. The molecular formula is C18H15BrF3NO3. The predicted octanol–water partition coefficient (Wildman–Crippen LogP) is 4.45. The van der Waals surface area contributed by atoms with Gasteiger partial charge in [-0.15, -0.1) is 13.2 Å². The molecule has 0 bridgehead atoms. The van der Waals surface area contributed by atoms with Crippen LogP contribution in [-0.4, -0.2) is 30.3 Å². The summed E-state index contributed by atoms with van der Waals surface area (Å²) < 4.78 is 47.2. The molecule has 0 spiro atoms. The number of hydrogen-bond acceptors (Lipinski definition) is 4. The summed E-state index contributed by atoms with van der Waals surface area (Å²) in [5.41, 5.74) is 1.70. The van der Waals surface area contributed by atoms with E-state index in [4.69, 9.17) is 4.74 Å². The Morgan fingerprint density at radius 1 is 1.23 bits per heavy atom. The topological polar surface area (TPSA) is 38.8 Å². The third-order valence-corrected chi connectivity index (χ3v) is 4.44. The number of aldehydes is 1. The molecule has 1 fully saturated rings. The second-order valence-electron chi connectivity index (χ2n) is 5.83. The van der Waals surface area contributed by atoms with Gasteiger partial charge in [-0.25, -0.2) is 0 Å². The van der Waals surface area contributed by atoms with Gasteiger partial charge in [0.05, 0.1) is 6.10 Å². The lowest BCUT2D eigenvalue weighted by atomic mass is 10.1. The summed E-state index contributed by atoms with van der Waals surface area (Å²) in [7, 11) is 0. The largest absolute Gasteiger partial charge is 0.573 e. The maximum atomic E-state index is 12.2. The molecule has 1 aliphatic heterocycles. The van der Waals surface area contributed by atoms with E-state index in [1.165, 1.54) is 24.3 Å². The SMILES string of the molecule is O=CC1OC(c2cccc(Br)c2)CN1Cc1ccc(OC(F)(F)F)cc1. The fraction of sp³-hybridized carbons (Fsp3) is 0.278. The van der Waals surface area contributed by atoms with Crippen LogP contribution in [0, 0.1) is 0 Å². The van der Waals surface area contributed by atoms with E-state index in [1.807, 2.05) is 29.2 Å². The van der Waals surface area contributed by atoms with Crippen molar-refractivity contribution in [3.8, 4) is 5.75 Å². The Labute approximate surface area is 156 Å². The molecule has 1 heterocycles. The summed E-state index contributed by atoms with van der Waals surface area (Å²) >= 11 is 3.41. The quantitative estimate of drug-likeness (QED) is 0.658. The zero-order valence-corrected chi connectivity index (χ0v) is 15.0. The van der Waals surface area contributed by atoms with Gasteiger partial charge in [-0.3, -0.25) is 9.69 Å². The van der Waals surface area contributed by atoms with Gasteiger partial charge < -0.3 is 9.47 Å². The maximum absolute atomic E-state index is 12.2. The van der Waals surface area contributed by atoms with Crippen LogP contribution in [0.5, 0.6) is 5.75 Å². The van der Waals surface area contributed by atoms with Crippen LogP contribution in [0.2, 0.25) is 0 Å². The number of benzene rings is 2. The highest BCUT2D eigenvalue weighted by Crippen LogP contribution is 2.31. The zero-order chi connectivity index (χ0) is 18.7. The van der Waals surface area contributed by atoms with E-state index in [2.05, 4.69) is 20.7 Å². The number of nitrogens with zero attached hydrogens (tertiary/aromatic N) is 1. The van der Waals surface area contributed by atoms with Crippen molar-refractivity contribution in [3.05, 3.63) is 64.1 Å². The first kappa shape index (κ1) is 18.9. The molecular weight excluding hydrogens is 415 g/mol. The van der Waals surface area contributed by atoms with Crippen molar-refractivity contribution >= 4 is 22.2 Å². The van der Waals surface area contributed by atoms with Crippen molar-refractivity contribution in [3.63, 3.8) is 0 Å². The minimum atomic E-state index is -4.72. The highest BCUT2D eigenvalue weighted by Gasteiger charge is 2.34. The number of ether oxygens (including phenoxy) is 2. The fourth-order valence-electron chi connectivity index (χ4n) is 2.81. The molecule has 2 aromatic carbocycles. The van der Waals surface area contributed by atoms with E-state index in [0.29, 0.717) is 13.1 Å². The Morgan fingerprint density at radius 2 is 1.96 bits per heavy atom. The molecule has 0 saturated carbocycles. The predicted molar refractivity (Wildman–Crippen MR) is 91.4 cm³/mol. The summed E-state index contributed by atoms with van der Waals surface area (Å²) in [6.45, 7) is 0.876. The molecule has 1 saturated heterocycles. The Balaban J connectivity index is 1.68. The molecule has 2 atom stereocenters. The molecule has 1 aliphatic rings. The number of rotatable bonds is 5. The van der Waals surface area contributed by atoms with Crippen LogP contribution in [-0.2, 0) is 16.1 Å². The molecule has 0 amide bonds. The first-order valence-electron chi connectivity index (χ1n) is 7.79. The van der Waals surface area contributed by atoms with Gasteiger partial charge in [0, 0.05) is 17.6 Å². The van der Waals surface area contributed by atoms with E-state index in [0.717, 1.165) is 21.9 Å². The number of carbonyl (C=O) groups excluding carboxylic acids is 1. The van der Waals surface area contributed by atoms with Crippen molar-refractivity contribution in [1.82, 2.24) is 4.90 Å². The number of hydrogen-bond donors (Lipinski definition) is 0. The van der Waals surface area contributed by atoms with Gasteiger partial charge in [0.15, 0.2) is 12.5 Å². The van der Waals surface area contributed by atoms with E-state index >= 15 is 0 Å². The molecule has 2 aromatic rings. The van der Waals surface area contributed by atoms with E-state index in [-0.39, 0.29) is 11.9 Å². The van der Waals surface area contributed by atoms with Crippen LogP contribution >= 0.6 is 15.9 Å². The molecule has 8 heteroatoms. The molecule has 2 unspecified atom stereocenters. The number of carbonyl (C=O) groups is 1. The number of alkyl halides is 3. The lowest BCUT2D eigenvalue weighted by Crippen LogP contribution is -2.30. The molecule has 0 aliphatic carbocycles. The highest BCUT2D eigenvalue weighted by molar-refractivity contribution is 9.10. The van der Waals surface area contributed by atoms with Crippen LogP contribution < -0.4 is 4.74 Å². The average molecular weight is 430 g/mol. The summed E-state index contributed by atoms with van der Waals surface area (Å²) in [5, 5.41) is 0. The van der Waals surface area contributed by atoms with Crippen molar-refractivity contribution in [2.24, 2.45) is 0 Å². The van der Waals surface area contributed by atoms with Crippen molar-refractivity contribution in [2.75, 3.05) is 6.54 Å². The summed E-state index contributed by atoms with van der Waals surface area (Å²) in [6.07, 6.45) is -4.95. The van der Waals surface area contributed by atoms with Crippen molar-refractivity contribution in [1.29, 1.82) is 0 Å². The summed E-state index contributed by atoms with van der Waals surface area (Å²) in [6, 6.07) is 13.2. The van der Waals surface area contributed by atoms with E-state index < -0.39 is 12.6 Å². The summed E-state index contributed by atoms with van der Waals surface area (Å²) in [4.78, 5) is 13.2. The lowest BCUT2D eigenvalue weighted by Gasteiger charge is -2.18. The van der Waals surface area contributed by atoms with Crippen LogP contribution in [0.1, 0.15) is 17.2 Å². The molecule has 26 heavy (non-hydrogen) atoms. The normalized spacial score (nSPS) is 20.9. The minimum Gasteiger partial charge on any atom is -0.406 e.